The van der Waals surface area contributed by atoms with Gasteiger partial charge in [0, 0.05) is 6.04 Å². The van der Waals surface area contributed by atoms with E-state index in [1.807, 2.05) is 6.07 Å². The average Bonchev–Trinajstić information content (AvgIpc) is 2.76. The average molecular weight is 329 g/mol. The summed E-state index contributed by atoms with van der Waals surface area (Å²) in [5, 5.41) is 11.6. The van der Waals surface area contributed by atoms with Crippen molar-refractivity contribution in [3.63, 3.8) is 0 Å². The predicted molar refractivity (Wildman–Crippen MR) is 76.9 cm³/mol. The van der Waals surface area contributed by atoms with Crippen LogP contribution in [0.15, 0.2) is 18.2 Å². The summed E-state index contributed by atoms with van der Waals surface area (Å²) in [6.45, 7) is -0.262. The van der Waals surface area contributed by atoms with E-state index in [1.165, 1.54) is 18.2 Å². The summed E-state index contributed by atoms with van der Waals surface area (Å²) in [5.41, 5.74) is 0.396. The van der Waals surface area contributed by atoms with Crippen LogP contribution < -0.4 is 10.1 Å². The first-order valence-electron chi connectivity index (χ1n) is 6.22. The molecule has 2 rings (SSSR count). The molecule has 21 heavy (non-hydrogen) atoms. The van der Waals surface area contributed by atoms with E-state index in [1.54, 1.807) is 0 Å². The van der Waals surface area contributed by atoms with Gasteiger partial charge in [0.25, 0.3) is 5.91 Å². The summed E-state index contributed by atoms with van der Waals surface area (Å²) >= 11 is 5.91. The second-order valence-corrected chi connectivity index (χ2v) is 7.35. The maximum atomic E-state index is 11.7. The Labute approximate surface area is 127 Å². The molecule has 0 radical (unpaired) electrons. The van der Waals surface area contributed by atoms with Crippen molar-refractivity contribution in [2.45, 2.75) is 12.5 Å². The minimum atomic E-state index is -3.03. The molecule has 0 saturated carbocycles. The van der Waals surface area contributed by atoms with Crippen molar-refractivity contribution in [2.75, 3.05) is 18.1 Å². The van der Waals surface area contributed by atoms with Crippen molar-refractivity contribution >= 4 is 27.3 Å². The highest BCUT2D eigenvalue weighted by Gasteiger charge is 2.28. The van der Waals surface area contributed by atoms with Gasteiger partial charge >= 0.3 is 0 Å². The van der Waals surface area contributed by atoms with Gasteiger partial charge in [-0.05, 0) is 24.6 Å². The first kappa shape index (κ1) is 15.6. The Hall–Kier alpha value is -1.78. The summed E-state index contributed by atoms with van der Waals surface area (Å²) in [6, 6.07) is 6.06. The lowest BCUT2D eigenvalue weighted by Gasteiger charge is -2.12. The van der Waals surface area contributed by atoms with Gasteiger partial charge in [0.15, 0.2) is 16.4 Å². The number of ether oxygens (including phenoxy) is 1. The molecular weight excluding hydrogens is 316 g/mol. The number of rotatable bonds is 4. The number of hydrogen-bond acceptors (Lipinski definition) is 5. The Bertz CT molecular complexity index is 697. The number of carbonyl (C=O) groups excluding carboxylic acids is 1. The summed E-state index contributed by atoms with van der Waals surface area (Å²) in [6.07, 6.45) is 0.422. The number of nitriles is 1. The van der Waals surface area contributed by atoms with Crippen molar-refractivity contribution in [1.82, 2.24) is 5.32 Å². The van der Waals surface area contributed by atoms with Gasteiger partial charge < -0.3 is 10.1 Å². The van der Waals surface area contributed by atoms with Gasteiger partial charge in [-0.15, -0.1) is 0 Å². The number of hydrogen-bond donors (Lipinski definition) is 1. The monoisotopic (exact) mass is 328 g/mol. The molecule has 0 unspecified atom stereocenters. The molecule has 1 atom stereocenters. The molecule has 6 nitrogen and oxygen atoms in total. The van der Waals surface area contributed by atoms with Crippen LogP contribution in [0.1, 0.15) is 12.0 Å². The van der Waals surface area contributed by atoms with E-state index in [2.05, 4.69) is 5.32 Å². The number of amides is 1. The SMILES string of the molecule is N#Cc1ccc(OCC(=O)N[C@H]2CCS(=O)(=O)C2)c(Cl)c1. The molecule has 0 spiro atoms. The smallest absolute Gasteiger partial charge is 0.258 e. The third kappa shape index (κ3) is 4.34. The highest BCUT2D eigenvalue weighted by Crippen LogP contribution is 2.25. The second-order valence-electron chi connectivity index (χ2n) is 4.71. The number of nitrogens with one attached hydrogen (secondary N) is 1. The van der Waals surface area contributed by atoms with Crippen molar-refractivity contribution in [3.05, 3.63) is 28.8 Å². The third-order valence-corrected chi connectivity index (χ3v) is 5.08. The Morgan fingerprint density at radius 2 is 2.29 bits per heavy atom. The lowest BCUT2D eigenvalue weighted by atomic mass is 10.2. The number of benzene rings is 1. The zero-order chi connectivity index (χ0) is 15.5. The first-order chi connectivity index (χ1) is 9.89. The Kier molecular flexibility index (Phi) is 4.70. The van der Waals surface area contributed by atoms with E-state index in [0.29, 0.717) is 17.7 Å². The van der Waals surface area contributed by atoms with Crippen molar-refractivity contribution in [2.24, 2.45) is 0 Å². The lowest BCUT2D eigenvalue weighted by Crippen LogP contribution is -2.38. The Balaban J connectivity index is 1.86. The fourth-order valence-electron chi connectivity index (χ4n) is 2.01. The fourth-order valence-corrected chi connectivity index (χ4v) is 3.92. The van der Waals surface area contributed by atoms with Crippen molar-refractivity contribution < 1.29 is 17.9 Å². The van der Waals surface area contributed by atoms with Gasteiger partial charge in [-0.2, -0.15) is 5.26 Å². The molecule has 1 aliphatic rings. The zero-order valence-corrected chi connectivity index (χ0v) is 12.6. The molecular formula is C13H13ClN2O4S. The topological polar surface area (TPSA) is 96.3 Å². The zero-order valence-electron chi connectivity index (χ0n) is 11.0. The molecule has 1 heterocycles. The standard InChI is InChI=1S/C13H13ClN2O4S/c14-11-5-9(6-15)1-2-12(11)20-7-13(17)16-10-3-4-21(18,19)8-10/h1-2,5,10H,3-4,7-8H2,(H,16,17)/t10-/m0/s1. The van der Waals surface area contributed by atoms with Crippen LogP contribution in [0.5, 0.6) is 5.75 Å². The molecule has 1 aliphatic heterocycles. The van der Waals surface area contributed by atoms with Crippen molar-refractivity contribution in [1.29, 1.82) is 5.26 Å². The number of sulfone groups is 1. The van der Waals surface area contributed by atoms with Crippen LogP contribution in [0.25, 0.3) is 0 Å². The maximum Gasteiger partial charge on any atom is 0.258 e. The molecule has 1 N–H and O–H groups in total. The summed E-state index contributed by atoms with van der Waals surface area (Å²) in [4.78, 5) is 11.7. The fraction of sp³-hybridized carbons (Fsp3) is 0.385. The van der Waals surface area contributed by atoms with E-state index in [9.17, 15) is 13.2 Å². The van der Waals surface area contributed by atoms with Crippen LogP contribution in [0.3, 0.4) is 0 Å². The molecule has 1 fully saturated rings. The first-order valence-corrected chi connectivity index (χ1v) is 8.42. The normalized spacial score (nSPS) is 19.7. The number of nitrogens with zero attached hydrogens (tertiary/aromatic N) is 1. The van der Waals surface area contributed by atoms with E-state index in [-0.39, 0.29) is 29.2 Å². The molecule has 8 heteroatoms. The van der Waals surface area contributed by atoms with E-state index < -0.39 is 15.7 Å². The molecule has 112 valence electrons. The minimum absolute atomic E-state index is 0.0314. The number of carbonyl (C=O) groups is 1. The second kappa shape index (κ2) is 6.33. The Morgan fingerprint density at radius 1 is 1.52 bits per heavy atom. The molecule has 1 aromatic rings. The van der Waals surface area contributed by atoms with Crippen LogP contribution in [0.4, 0.5) is 0 Å². The number of halogens is 1. The van der Waals surface area contributed by atoms with Gasteiger partial charge in [-0.25, -0.2) is 8.42 Å². The predicted octanol–water partition coefficient (Wildman–Crippen LogP) is 0.894. The molecule has 1 amide bonds. The molecule has 0 aliphatic carbocycles. The Morgan fingerprint density at radius 3 is 2.86 bits per heavy atom. The maximum absolute atomic E-state index is 11.7. The largest absolute Gasteiger partial charge is 0.482 e. The summed E-state index contributed by atoms with van der Waals surface area (Å²) < 4.78 is 27.8. The van der Waals surface area contributed by atoms with E-state index in [4.69, 9.17) is 21.6 Å². The van der Waals surface area contributed by atoms with Crippen LogP contribution in [0, 0.1) is 11.3 Å². The molecule has 1 saturated heterocycles. The van der Waals surface area contributed by atoms with Gasteiger partial charge in [0.05, 0.1) is 28.2 Å². The van der Waals surface area contributed by atoms with Gasteiger partial charge in [-0.1, -0.05) is 11.6 Å². The van der Waals surface area contributed by atoms with Crippen LogP contribution in [-0.2, 0) is 14.6 Å². The van der Waals surface area contributed by atoms with Crippen LogP contribution >= 0.6 is 11.6 Å². The van der Waals surface area contributed by atoms with Crippen LogP contribution in [-0.4, -0.2) is 38.5 Å². The molecule has 0 aromatic heterocycles. The summed E-state index contributed by atoms with van der Waals surface area (Å²) in [5.74, 6) is -0.0428. The summed E-state index contributed by atoms with van der Waals surface area (Å²) in [7, 11) is -3.03. The van der Waals surface area contributed by atoms with E-state index >= 15 is 0 Å². The van der Waals surface area contributed by atoms with E-state index in [0.717, 1.165) is 0 Å². The lowest BCUT2D eigenvalue weighted by molar-refractivity contribution is -0.123. The van der Waals surface area contributed by atoms with Crippen molar-refractivity contribution in [3.8, 4) is 11.8 Å². The van der Waals surface area contributed by atoms with Gasteiger partial charge in [0.1, 0.15) is 5.75 Å². The van der Waals surface area contributed by atoms with Gasteiger partial charge in [0.2, 0.25) is 0 Å². The van der Waals surface area contributed by atoms with Crippen LogP contribution in [0.2, 0.25) is 5.02 Å². The molecule has 1 aromatic carbocycles. The highest BCUT2D eigenvalue weighted by molar-refractivity contribution is 7.91. The molecule has 0 bridgehead atoms. The quantitative estimate of drug-likeness (QED) is 0.885. The highest BCUT2D eigenvalue weighted by atomic mass is 35.5. The van der Waals surface area contributed by atoms with Gasteiger partial charge in [-0.3, -0.25) is 4.79 Å². The third-order valence-electron chi connectivity index (χ3n) is 3.02. The minimum Gasteiger partial charge on any atom is -0.482 e.